The van der Waals surface area contributed by atoms with Crippen molar-refractivity contribution >= 4 is 79.8 Å². The van der Waals surface area contributed by atoms with Crippen LogP contribution in [-0.4, -0.2) is 81.0 Å². The Hall–Kier alpha value is -3.54. The summed E-state index contributed by atoms with van der Waals surface area (Å²) in [6, 6.07) is 8.08. The van der Waals surface area contributed by atoms with Gasteiger partial charge in [-0.05, 0) is 68.2 Å². The number of carboxylic acid groups (broad SMARTS) is 1. The summed E-state index contributed by atoms with van der Waals surface area (Å²) >= 11 is 1.17. The van der Waals surface area contributed by atoms with Crippen LogP contribution in [0.3, 0.4) is 0 Å². The molecule has 2 aromatic carbocycles. The van der Waals surface area contributed by atoms with Crippen molar-refractivity contribution in [2.75, 3.05) is 23.0 Å². The van der Waals surface area contributed by atoms with Crippen LogP contribution in [0, 0.1) is 0 Å². The summed E-state index contributed by atoms with van der Waals surface area (Å²) in [5.74, 6) is -1.98. The molecule has 0 aliphatic carbocycles. The van der Waals surface area contributed by atoms with Gasteiger partial charge in [0, 0.05) is 48.3 Å². The van der Waals surface area contributed by atoms with Crippen LogP contribution in [0.25, 0.3) is 16.3 Å². The van der Waals surface area contributed by atoms with E-state index in [1.807, 2.05) is 11.8 Å². The quantitative estimate of drug-likeness (QED) is 0.0481. The molecule has 0 fully saturated rings. The van der Waals surface area contributed by atoms with Gasteiger partial charge in [0.2, 0.25) is 5.52 Å². The van der Waals surface area contributed by atoms with Gasteiger partial charge in [0.1, 0.15) is 4.70 Å². The normalized spacial score (nSPS) is 17.7. The second kappa shape index (κ2) is 17.1. The lowest BCUT2D eigenvalue weighted by molar-refractivity contribution is -0.668. The number of anilines is 1. The van der Waals surface area contributed by atoms with Gasteiger partial charge in [0.05, 0.1) is 21.3 Å². The summed E-state index contributed by atoms with van der Waals surface area (Å²) in [5, 5.41) is 9.65. The first-order chi connectivity index (χ1) is 25.0. The SMILES string of the molecule is CC1(CCCCCC(=O)O)/C(=C/C=C/C=C/c2sc3cc(S(=O)(=O)O)ccc3[n+]2CCCS(=O)(=O)O)N(CCCS(=O)(=O)O)c2ccc(S(=O)(=O)O)cc21. The van der Waals surface area contributed by atoms with E-state index in [1.54, 1.807) is 34.9 Å². The molecule has 296 valence electrons. The standard InChI is InChI=1S/C33H40N2O14S5/c1-33(17-7-3-6-12-32(36)37)26-22-24(53(44,45)46)13-15-27(26)34(18-8-20-51(38,39)40)30(33)10-4-2-5-11-31-35(19-9-21-52(41,42)43)28-16-14-25(54(47,48)49)23-29(28)50-31/h2,4-5,10-11,13-16,22-23H,3,6-9,12,17-21H2,1H3,(H4-,36,37,38,39,40,41,42,43,44,45,46,47,48,49)/p+1. The van der Waals surface area contributed by atoms with Crippen LogP contribution in [0.2, 0.25) is 0 Å². The fraction of sp³-hybridized carbons (Fsp3) is 0.394. The zero-order valence-corrected chi connectivity index (χ0v) is 33.1. The maximum atomic E-state index is 12.1. The minimum absolute atomic E-state index is 0.0107. The number of thiazole rings is 1. The Labute approximate surface area is 318 Å². The fourth-order valence-electron chi connectivity index (χ4n) is 6.39. The van der Waals surface area contributed by atoms with E-state index in [4.69, 9.17) is 5.11 Å². The Balaban J connectivity index is 1.74. The lowest BCUT2D eigenvalue weighted by atomic mass is 9.77. The van der Waals surface area contributed by atoms with Crippen molar-refractivity contribution in [1.82, 2.24) is 0 Å². The third-order valence-corrected chi connectivity index (χ3v) is 13.3. The van der Waals surface area contributed by atoms with Crippen molar-refractivity contribution in [1.29, 1.82) is 0 Å². The van der Waals surface area contributed by atoms with Crippen LogP contribution >= 0.6 is 11.3 Å². The molecule has 5 N–H and O–H groups in total. The number of hydrogen-bond donors (Lipinski definition) is 5. The molecule has 0 spiro atoms. The van der Waals surface area contributed by atoms with Crippen LogP contribution in [0.15, 0.2) is 76.2 Å². The summed E-state index contributed by atoms with van der Waals surface area (Å²) in [6.07, 6.45) is 10.4. The highest BCUT2D eigenvalue weighted by molar-refractivity contribution is 7.86. The van der Waals surface area contributed by atoms with Crippen molar-refractivity contribution in [2.24, 2.45) is 0 Å². The predicted molar refractivity (Wildman–Crippen MR) is 202 cm³/mol. The summed E-state index contributed by atoms with van der Waals surface area (Å²) in [5.41, 5.74) is 1.40. The minimum atomic E-state index is -4.60. The molecule has 2 heterocycles. The topological polar surface area (TPSA) is 262 Å². The molecule has 0 radical (unpaired) electrons. The van der Waals surface area contributed by atoms with Crippen LogP contribution in [0.1, 0.15) is 62.4 Å². The van der Waals surface area contributed by atoms with Crippen molar-refractivity contribution in [3.8, 4) is 0 Å². The Kier molecular flexibility index (Phi) is 13.7. The molecule has 16 nitrogen and oxygen atoms in total. The lowest BCUT2D eigenvalue weighted by Crippen LogP contribution is -2.36. The van der Waals surface area contributed by atoms with Crippen molar-refractivity contribution < 1.29 is 66.4 Å². The summed E-state index contributed by atoms with van der Waals surface area (Å²) in [4.78, 5) is 12.2. The lowest BCUT2D eigenvalue weighted by Gasteiger charge is -2.30. The Morgan fingerprint density at radius 3 is 2.06 bits per heavy atom. The molecule has 4 rings (SSSR count). The molecule has 21 heteroatoms. The van der Waals surface area contributed by atoms with E-state index in [0.29, 0.717) is 57.9 Å². The Bertz CT molecular complexity index is 2440. The summed E-state index contributed by atoms with van der Waals surface area (Å²) < 4.78 is 134. The highest BCUT2D eigenvalue weighted by atomic mass is 32.2. The second-order valence-electron chi connectivity index (χ2n) is 12.9. The molecule has 0 amide bonds. The first kappa shape index (κ1) is 43.2. The number of carbonyl (C=O) groups is 1. The highest BCUT2D eigenvalue weighted by Crippen LogP contribution is 2.51. The summed E-state index contributed by atoms with van der Waals surface area (Å²) in [7, 11) is -17.6. The zero-order chi connectivity index (χ0) is 40.1. The number of rotatable bonds is 19. The van der Waals surface area contributed by atoms with Gasteiger partial charge in [-0.25, -0.2) is 0 Å². The number of carboxylic acids is 1. The Morgan fingerprint density at radius 2 is 1.43 bits per heavy atom. The van der Waals surface area contributed by atoms with Gasteiger partial charge in [0.15, 0.2) is 6.54 Å². The van der Waals surface area contributed by atoms with E-state index in [-0.39, 0.29) is 42.1 Å². The smallest absolute Gasteiger partial charge is 0.303 e. The number of aromatic nitrogens is 1. The average molecular weight is 850 g/mol. The molecule has 54 heavy (non-hydrogen) atoms. The van der Waals surface area contributed by atoms with E-state index >= 15 is 0 Å². The first-order valence-electron chi connectivity index (χ1n) is 16.5. The monoisotopic (exact) mass is 849 g/mol. The maximum absolute atomic E-state index is 12.1. The number of aryl methyl sites for hydroxylation is 1. The van der Waals surface area contributed by atoms with Gasteiger partial charge in [-0.3, -0.25) is 23.0 Å². The van der Waals surface area contributed by atoms with E-state index < -0.39 is 63.4 Å². The number of benzene rings is 2. The Morgan fingerprint density at radius 1 is 0.796 bits per heavy atom. The third kappa shape index (κ3) is 11.5. The zero-order valence-electron chi connectivity index (χ0n) is 29.0. The minimum Gasteiger partial charge on any atom is -0.481 e. The van der Waals surface area contributed by atoms with E-state index in [2.05, 4.69) is 0 Å². The van der Waals surface area contributed by atoms with E-state index in [0.717, 1.165) is 0 Å². The molecule has 0 saturated heterocycles. The highest BCUT2D eigenvalue weighted by Gasteiger charge is 2.43. The van der Waals surface area contributed by atoms with Crippen LogP contribution in [-0.2, 0) is 57.2 Å². The number of allylic oxidation sites excluding steroid dienone is 5. The molecule has 3 aromatic rings. The molecular weight excluding hydrogens is 809 g/mol. The van der Waals surface area contributed by atoms with Gasteiger partial charge in [-0.15, -0.1) is 0 Å². The second-order valence-corrected chi connectivity index (χ2v) is 19.9. The number of nitrogens with zero attached hydrogens (tertiary/aromatic N) is 2. The third-order valence-electron chi connectivity index (χ3n) is 8.86. The molecule has 1 atom stereocenters. The molecular formula is C33H41N2O14S5+. The van der Waals surface area contributed by atoms with Crippen LogP contribution < -0.4 is 9.47 Å². The first-order valence-corrected chi connectivity index (χ1v) is 23.4. The van der Waals surface area contributed by atoms with Crippen LogP contribution in [0.5, 0.6) is 0 Å². The molecule has 1 aromatic heterocycles. The van der Waals surface area contributed by atoms with Crippen molar-refractivity contribution in [3.63, 3.8) is 0 Å². The number of fused-ring (bicyclic) bond motifs is 2. The fourth-order valence-corrected chi connectivity index (χ4v) is 9.60. The van der Waals surface area contributed by atoms with Gasteiger partial charge < -0.3 is 10.0 Å². The number of unbranched alkanes of at least 4 members (excludes halogenated alkanes) is 2. The molecule has 1 aliphatic heterocycles. The molecule has 0 bridgehead atoms. The van der Waals surface area contributed by atoms with E-state index in [1.165, 1.54) is 47.7 Å². The van der Waals surface area contributed by atoms with Gasteiger partial charge in [-0.2, -0.15) is 38.2 Å². The molecule has 1 aliphatic rings. The number of hydrogen-bond acceptors (Lipinski definition) is 11. The van der Waals surface area contributed by atoms with Crippen molar-refractivity contribution in [3.05, 3.63) is 77.0 Å². The average Bonchev–Trinajstić information content (AvgIpc) is 3.49. The van der Waals surface area contributed by atoms with Crippen LogP contribution in [0.4, 0.5) is 5.69 Å². The van der Waals surface area contributed by atoms with E-state index in [9.17, 15) is 56.7 Å². The molecule has 0 saturated carbocycles. The predicted octanol–water partition coefficient (Wildman–Crippen LogP) is 4.50. The van der Waals surface area contributed by atoms with Gasteiger partial charge in [0.25, 0.3) is 45.5 Å². The largest absolute Gasteiger partial charge is 0.481 e. The summed E-state index contributed by atoms with van der Waals surface area (Å²) in [6.45, 7) is 2.12. The van der Waals surface area contributed by atoms with Gasteiger partial charge in [-0.1, -0.05) is 42.4 Å². The van der Waals surface area contributed by atoms with Crippen molar-refractivity contribution in [2.45, 2.75) is 73.6 Å². The maximum Gasteiger partial charge on any atom is 0.303 e. The van der Waals surface area contributed by atoms with Gasteiger partial charge >= 0.3 is 5.97 Å². The number of aliphatic carboxylic acids is 1. The molecule has 1 unspecified atom stereocenters.